The van der Waals surface area contributed by atoms with Crippen molar-refractivity contribution in [2.45, 2.75) is 138 Å². The van der Waals surface area contributed by atoms with Gasteiger partial charge in [-0.05, 0) is 189 Å². The number of hydrogen-bond acceptors (Lipinski definition) is 8. The minimum absolute atomic E-state index is 1.05. The van der Waals surface area contributed by atoms with Crippen LogP contribution in [0.3, 0.4) is 0 Å². The zero-order valence-corrected chi connectivity index (χ0v) is 38.7. The minimum Gasteiger partial charge on any atom is -0.466 e. The highest BCUT2D eigenvalue weighted by molar-refractivity contribution is 7.12. The highest BCUT2D eigenvalue weighted by atomic mass is 32.1. The van der Waals surface area contributed by atoms with E-state index in [1.807, 2.05) is 59.8 Å². The Morgan fingerprint density at radius 3 is 0.980 bits per heavy atom. The average molecular weight is 769 g/mol. The van der Waals surface area contributed by atoms with Gasteiger partial charge in [-0.3, -0.25) is 0 Å². The van der Waals surface area contributed by atoms with Crippen molar-refractivity contribution in [2.75, 3.05) is 0 Å². The van der Waals surface area contributed by atoms with Gasteiger partial charge in [0.25, 0.3) is 0 Å². The Labute approximate surface area is 326 Å². The molecule has 0 saturated heterocycles. The molecule has 0 fully saturated rings. The second-order valence-corrected chi connectivity index (χ2v) is 18.5. The molecule has 0 aliphatic rings. The lowest BCUT2D eigenvalue weighted by Gasteiger charge is -1.97. The molecule has 0 N–H and O–H groups in total. The lowest BCUT2D eigenvalue weighted by Crippen LogP contribution is -1.92. The van der Waals surface area contributed by atoms with Crippen molar-refractivity contribution >= 4 is 45.5 Å². The van der Waals surface area contributed by atoms with E-state index in [2.05, 4.69) is 122 Å². The van der Waals surface area contributed by atoms with Crippen molar-refractivity contribution in [2.24, 2.45) is 7.05 Å². The Balaban J connectivity index is 0.000000306. The fourth-order valence-electron chi connectivity index (χ4n) is 4.66. The van der Waals surface area contributed by atoms with E-state index in [1.165, 1.54) is 96.3 Å². The predicted octanol–water partition coefficient (Wildman–Crippen LogP) is 13.7. The van der Waals surface area contributed by atoms with Gasteiger partial charge < -0.3 is 8.98 Å². The molecule has 0 bridgehead atoms. The number of thiophene rings is 1. The maximum absolute atomic E-state index is 5.34. The molecule has 0 amide bonds. The van der Waals surface area contributed by atoms with E-state index in [0.717, 1.165) is 11.5 Å². The molecule has 0 aliphatic carbocycles. The van der Waals surface area contributed by atoms with Gasteiger partial charge in [0.05, 0.1) is 27.1 Å². The van der Waals surface area contributed by atoms with Gasteiger partial charge in [-0.1, -0.05) is 0 Å². The summed E-state index contributed by atoms with van der Waals surface area (Å²) in [5.41, 5.74) is 14.5. The zero-order valence-electron chi connectivity index (χ0n) is 35.4. The summed E-state index contributed by atoms with van der Waals surface area (Å²) < 4.78 is 11.7. The number of hydrogen-bond donors (Lipinski definition) is 0. The second-order valence-electron chi connectivity index (χ2n) is 13.2. The number of furan rings is 1. The first-order chi connectivity index (χ1) is 23.5. The maximum atomic E-state index is 5.34. The van der Waals surface area contributed by atoms with Crippen LogP contribution in [0, 0.1) is 138 Å². The van der Waals surface area contributed by atoms with Crippen LogP contribution in [0.4, 0.5) is 0 Å². The molecule has 0 atom stereocenters. The lowest BCUT2D eigenvalue weighted by atomic mass is 10.2. The predicted molar refractivity (Wildman–Crippen MR) is 230 cm³/mol. The third-order valence-corrected chi connectivity index (χ3v) is 13.7. The Hall–Kier alpha value is -2.85. The summed E-state index contributed by atoms with van der Waals surface area (Å²) in [5.74, 6) is 2.09. The Morgan fingerprint density at radius 2 is 0.882 bits per heavy atom. The van der Waals surface area contributed by atoms with E-state index >= 15 is 0 Å². The maximum Gasteiger partial charge on any atom is 0.104 e. The topological polar surface area (TPSA) is 56.7 Å². The number of aryl methyl sites for hydroxylation is 14. The van der Waals surface area contributed by atoms with Crippen LogP contribution in [0.5, 0.6) is 0 Å². The molecule has 0 radical (unpaired) electrons. The van der Waals surface area contributed by atoms with Gasteiger partial charge in [0.1, 0.15) is 11.5 Å². The highest BCUT2D eigenvalue weighted by Gasteiger charge is 2.05. The molecule has 282 valence electrons. The van der Waals surface area contributed by atoms with Gasteiger partial charge in [-0.25, -0.2) is 9.97 Å². The van der Waals surface area contributed by atoms with Crippen molar-refractivity contribution in [1.29, 1.82) is 0 Å². The van der Waals surface area contributed by atoms with E-state index in [4.69, 9.17) is 4.42 Å². The summed E-state index contributed by atoms with van der Waals surface area (Å²) >= 11 is 6.99. The first kappa shape index (κ1) is 46.2. The molecular formula is C42H64N4OS4. The molecule has 6 heterocycles. The van der Waals surface area contributed by atoms with E-state index in [9.17, 15) is 0 Å². The average Bonchev–Trinajstić information content (AvgIpc) is 3.81. The van der Waals surface area contributed by atoms with Crippen LogP contribution in [0.1, 0.15) is 108 Å². The first-order valence-corrected chi connectivity index (χ1v) is 20.6. The van der Waals surface area contributed by atoms with Crippen LogP contribution in [0.15, 0.2) is 10.5 Å². The molecule has 6 aromatic rings. The number of aromatic nitrogens is 4. The van der Waals surface area contributed by atoms with Gasteiger partial charge >= 0.3 is 0 Å². The molecule has 0 unspecified atom stereocenters. The highest BCUT2D eigenvalue weighted by Crippen LogP contribution is 2.25. The van der Waals surface area contributed by atoms with Crippen LogP contribution in [-0.4, -0.2) is 18.9 Å². The Kier molecular flexibility index (Phi) is 19.0. The summed E-state index contributed by atoms with van der Waals surface area (Å²) in [7, 11) is 2.09. The lowest BCUT2D eigenvalue weighted by molar-refractivity contribution is 0.501. The SMILES string of the molecule is Cc1cc(C)n(C)c1C.Cc1nc(C)c(C)s1.Cc1nc(C)c(C)s1.Cc1nsc(C)c1C.Cc1oc(C)c(C)c1C.Cc1sc(C)c(C)c1C. The number of rotatable bonds is 0. The van der Waals surface area contributed by atoms with Crippen LogP contribution in [0.25, 0.3) is 0 Å². The van der Waals surface area contributed by atoms with Crippen molar-refractivity contribution < 1.29 is 4.42 Å². The van der Waals surface area contributed by atoms with E-state index in [-0.39, 0.29) is 0 Å². The minimum atomic E-state index is 1.05. The fraction of sp³-hybridized carbons (Fsp3) is 0.500. The van der Waals surface area contributed by atoms with Gasteiger partial charge in [0.15, 0.2) is 0 Å². The molecule has 6 aromatic heterocycles. The van der Waals surface area contributed by atoms with Gasteiger partial charge in [0.2, 0.25) is 0 Å². The van der Waals surface area contributed by atoms with Gasteiger partial charge in [0, 0.05) is 42.8 Å². The quantitative estimate of drug-likeness (QED) is 0.154. The van der Waals surface area contributed by atoms with Crippen LogP contribution in [0.2, 0.25) is 0 Å². The van der Waals surface area contributed by atoms with Gasteiger partial charge in [-0.15, -0.1) is 34.0 Å². The smallest absolute Gasteiger partial charge is 0.104 e. The van der Waals surface area contributed by atoms with Crippen molar-refractivity contribution in [3.05, 3.63) is 114 Å². The summed E-state index contributed by atoms with van der Waals surface area (Å²) in [4.78, 5) is 15.4. The molecule has 0 saturated carbocycles. The first-order valence-electron chi connectivity index (χ1n) is 17.4. The Morgan fingerprint density at radius 1 is 0.471 bits per heavy atom. The molecule has 0 aromatic carbocycles. The van der Waals surface area contributed by atoms with Crippen LogP contribution in [-0.2, 0) is 7.05 Å². The van der Waals surface area contributed by atoms with E-state index < -0.39 is 0 Å². The molecule has 51 heavy (non-hydrogen) atoms. The van der Waals surface area contributed by atoms with Crippen LogP contribution < -0.4 is 0 Å². The summed E-state index contributed by atoms with van der Waals surface area (Å²) in [6, 6.07) is 2.20. The third kappa shape index (κ3) is 14.2. The third-order valence-electron chi connectivity index (χ3n) is 9.54. The zero-order chi connectivity index (χ0) is 39.5. The summed E-state index contributed by atoms with van der Waals surface area (Å²) in [6.07, 6.45) is 0. The second kappa shape index (κ2) is 21.0. The molecule has 0 spiro atoms. The molecular weight excluding hydrogens is 705 g/mol. The molecule has 6 rings (SSSR count). The van der Waals surface area contributed by atoms with E-state index in [0.29, 0.717) is 0 Å². The molecule has 5 nitrogen and oxygen atoms in total. The number of thiazole rings is 2. The monoisotopic (exact) mass is 768 g/mol. The summed E-state index contributed by atoms with van der Waals surface area (Å²) in [5, 5.41) is 2.33. The van der Waals surface area contributed by atoms with Crippen molar-refractivity contribution in [3.63, 3.8) is 0 Å². The molecule has 0 aliphatic heterocycles. The summed E-state index contributed by atoms with van der Waals surface area (Å²) in [6.45, 7) is 41.9. The molecule has 9 heteroatoms. The van der Waals surface area contributed by atoms with Crippen LogP contribution >= 0.6 is 45.5 Å². The van der Waals surface area contributed by atoms with Crippen molar-refractivity contribution in [1.82, 2.24) is 18.9 Å². The van der Waals surface area contributed by atoms with Crippen molar-refractivity contribution in [3.8, 4) is 0 Å². The Bertz CT molecular complexity index is 1680. The number of nitrogens with zero attached hydrogens (tertiary/aromatic N) is 4. The van der Waals surface area contributed by atoms with Gasteiger partial charge in [-0.2, -0.15) is 4.37 Å². The fourth-order valence-corrected chi connectivity index (χ4v) is 8.07. The largest absolute Gasteiger partial charge is 0.466 e. The standard InChI is InChI=1S/C8H13N.C8H12O.C8H12S.3C6H9NS/c1-6-5-7(2)9(4)8(6)3;2*1-5-6(2)8(4)9-7(5)3;2*1-4-5(2)8-6(3)7-4;1-4-5(2)7-8-6(4)3/h5H,1-4H3;2*1-4H3;3*1-3H3. The van der Waals surface area contributed by atoms with E-state index in [1.54, 1.807) is 34.2 Å². The normalized spacial score (nSPS) is 10.1.